The van der Waals surface area contributed by atoms with E-state index in [9.17, 15) is 14.5 Å². The van der Waals surface area contributed by atoms with Gasteiger partial charge in [0.15, 0.2) is 11.9 Å². The summed E-state index contributed by atoms with van der Waals surface area (Å²) in [6.45, 7) is 1.92. The highest BCUT2D eigenvalue weighted by Crippen LogP contribution is 2.35. The lowest BCUT2D eigenvalue weighted by molar-refractivity contribution is -0.390. The van der Waals surface area contributed by atoms with Crippen LogP contribution in [0.2, 0.25) is 0 Å². The van der Waals surface area contributed by atoms with Gasteiger partial charge in [-0.05, 0) is 51.0 Å². The van der Waals surface area contributed by atoms with E-state index in [2.05, 4.69) is 35.9 Å². The minimum atomic E-state index is -0.797. The van der Waals surface area contributed by atoms with Crippen LogP contribution in [0, 0.1) is 27.3 Å². The van der Waals surface area contributed by atoms with Crippen molar-refractivity contribution >= 4 is 21.7 Å². The Morgan fingerprint density at radius 3 is 2.79 bits per heavy atom. The standard InChI is InChI=1S/C22H15BrFN7O3/c1-13(34-20-6-14(23)9-28-22(20)31(32)33)18-7-15(24)2-3-17(18)21-19(26-4-5-27-21)11-30-10-16(8-25)29-12-30/h2-7,9-10,12-13H,11H2,1H3. The van der Waals surface area contributed by atoms with Gasteiger partial charge in [0.2, 0.25) is 5.75 Å². The Morgan fingerprint density at radius 2 is 2.06 bits per heavy atom. The molecule has 0 radical (unpaired) electrons. The summed E-state index contributed by atoms with van der Waals surface area (Å²) < 4.78 is 22.3. The smallest absolute Gasteiger partial charge is 0.406 e. The van der Waals surface area contributed by atoms with Crippen LogP contribution in [-0.2, 0) is 6.54 Å². The average molecular weight is 524 g/mol. The van der Waals surface area contributed by atoms with Crippen molar-refractivity contribution in [3.8, 4) is 23.1 Å². The molecule has 170 valence electrons. The zero-order chi connectivity index (χ0) is 24.2. The third-order valence-corrected chi connectivity index (χ3v) is 5.27. The summed E-state index contributed by atoms with van der Waals surface area (Å²) in [5.41, 5.74) is 2.25. The molecule has 12 heteroatoms. The predicted octanol–water partition coefficient (Wildman–Crippen LogP) is 4.60. The normalized spacial score (nSPS) is 11.6. The average Bonchev–Trinajstić information content (AvgIpc) is 3.27. The fourth-order valence-corrected chi connectivity index (χ4v) is 3.67. The van der Waals surface area contributed by atoms with E-state index < -0.39 is 22.7 Å². The third kappa shape index (κ3) is 4.89. The molecule has 0 spiro atoms. The molecule has 1 atom stereocenters. The van der Waals surface area contributed by atoms with Gasteiger partial charge in [0.05, 0.1) is 28.7 Å². The Bertz CT molecular complexity index is 1420. The molecule has 34 heavy (non-hydrogen) atoms. The predicted molar refractivity (Wildman–Crippen MR) is 121 cm³/mol. The molecule has 0 amide bonds. The lowest BCUT2D eigenvalue weighted by Gasteiger charge is -2.19. The number of nitro groups is 1. The first-order valence-electron chi connectivity index (χ1n) is 9.84. The molecule has 0 bridgehead atoms. The molecule has 4 rings (SSSR count). The number of pyridine rings is 1. The van der Waals surface area contributed by atoms with Crippen LogP contribution in [-0.4, -0.2) is 29.4 Å². The molecule has 1 unspecified atom stereocenters. The molecule has 4 aromatic rings. The molecule has 0 aliphatic rings. The molecular formula is C22H15BrFN7O3. The SMILES string of the molecule is CC(Oc1cc(Br)cnc1[N+](=O)[O-])c1cc(F)ccc1-c1nccnc1Cn1cnc(C#N)c1. The molecule has 0 aliphatic carbocycles. The number of aromatic nitrogens is 5. The van der Waals surface area contributed by atoms with Gasteiger partial charge in [0.1, 0.15) is 18.0 Å². The zero-order valence-corrected chi connectivity index (χ0v) is 19.2. The van der Waals surface area contributed by atoms with Crippen molar-refractivity contribution in [2.75, 3.05) is 0 Å². The van der Waals surface area contributed by atoms with E-state index in [-0.39, 0.29) is 18.0 Å². The van der Waals surface area contributed by atoms with Gasteiger partial charge in [-0.25, -0.2) is 9.37 Å². The second-order valence-electron chi connectivity index (χ2n) is 7.12. The number of ether oxygens (including phenoxy) is 1. The first-order chi connectivity index (χ1) is 16.4. The number of nitrogens with zero attached hydrogens (tertiary/aromatic N) is 7. The van der Waals surface area contributed by atoms with Gasteiger partial charge in [-0.1, -0.05) is 0 Å². The van der Waals surface area contributed by atoms with Crippen LogP contribution in [0.25, 0.3) is 11.3 Å². The maximum Gasteiger partial charge on any atom is 0.406 e. The molecule has 0 aliphatic heterocycles. The minimum absolute atomic E-state index is 0.0658. The molecule has 3 aromatic heterocycles. The molecule has 0 N–H and O–H groups in total. The first-order valence-corrected chi connectivity index (χ1v) is 10.6. The zero-order valence-electron chi connectivity index (χ0n) is 17.6. The highest BCUT2D eigenvalue weighted by molar-refractivity contribution is 9.10. The summed E-state index contributed by atoms with van der Waals surface area (Å²) in [4.78, 5) is 27.4. The summed E-state index contributed by atoms with van der Waals surface area (Å²) in [6, 6.07) is 7.54. The summed E-state index contributed by atoms with van der Waals surface area (Å²) in [6.07, 6.45) is 6.62. The first kappa shape index (κ1) is 22.9. The monoisotopic (exact) mass is 523 g/mol. The van der Waals surface area contributed by atoms with E-state index in [1.54, 1.807) is 23.8 Å². The molecule has 0 saturated carbocycles. The number of benzene rings is 1. The van der Waals surface area contributed by atoms with Gasteiger partial charge in [-0.3, -0.25) is 9.97 Å². The van der Waals surface area contributed by atoms with E-state index in [0.29, 0.717) is 27.0 Å². The summed E-state index contributed by atoms with van der Waals surface area (Å²) >= 11 is 3.23. The number of rotatable bonds is 7. The van der Waals surface area contributed by atoms with Gasteiger partial charge in [0.25, 0.3) is 0 Å². The Balaban J connectivity index is 1.74. The second-order valence-corrected chi connectivity index (χ2v) is 8.03. The van der Waals surface area contributed by atoms with Crippen molar-refractivity contribution < 1.29 is 14.1 Å². The Morgan fingerprint density at radius 1 is 1.26 bits per heavy atom. The molecule has 3 heterocycles. The maximum atomic E-state index is 14.3. The van der Waals surface area contributed by atoms with Crippen molar-refractivity contribution in [2.45, 2.75) is 19.6 Å². The van der Waals surface area contributed by atoms with Gasteiger partial charge in [0, 0.05) is 35.8 Å². The second kappa shape index (κ2) is 9.72. The fourth-order valence-electron chi connectivity index (χ4n) is 3.36. The number of nitriles is 1. The number of halogens is 2. The molecule has 10 nitrogen and oxygen atoms in total. The highest BCUT2D eigenvalue weighted by Gasteiger charge is 2.23. The Kier molecular flexibility index (Phi) is 6.55. The largest absolute Gasteiger partial charge is 0.478 e. The minimum Gasteiger partial charge on any atom is -0.478 e. The van der Waals surface area contributed by atoms with Crippen LogP contribution in [0.4, 0.5) is 10.2 Å². The summed E-state index contributed by atoms with van der Waals surface area (Å²) in [5.74, 6) is -1.03. The van der Waals surface area contributed by atoms with Crippen molar-refractivity contribution in [3.05, 3.63) is 92.7 Å². The van der Waals surface area contributed by atoms with Gasteiger partial charge < -0.3 is 19.4 Å². The van der Waals surface area contributed by atoms with Gasteiger partial charge in [-0.2, -0.15) is 5.26 Å². The van der Waals surface area contributed by atoms with Crippen LogP contribution in [0.1, 0.15) is 30.0 Å². The van der Waals surface area contributed by atoms with E-state index >= 15 is 0 Å². The van der Waals surface area contributed by atoms with Crippen molar-refractivity contribution in [1.82, 2.24) is 24.5 Å². The van der Waals surface area contributed by atoms with Gasteiger partial charge in [-0.15, -0.1) is 0 Å². The third-order valence-electron chi connectivity index (χ3n) is 4.84. The van der Waals surface area contributed by atoms with Crippen LogP contribution < -0.4 is 4.74 Å². The van der Waals surface area contributed by atoms with Crippen LogP contribution in [0.5, 0.6) is 5.75 Å². The quantitative estimate of drug-likeness (QED) is 0.253. The summed E-state index contributed by atoms with van der Waals surface area (Å²) in [7, 11) is 0. The highest BCUT2D eigenvalue weighted by atomic mass is 79.9. The molecule has 0 fully saturated rings. The van der Waals surface area contributed by atoms with Crippen molar-refractivity contribution in [2.24, 2.45) is 0 Å². The number of imidazole rings is 1. The molecular weight excluding hydrogens is 509 g/mol. The maximum absolute atomic E-state index is 14.3. The Labute approximate surface area is 201 Å². The van der Waals surface area contributed by atoms with Crippen LogP contribution in [0.15, 0.2) is 59.9 Å². The molecule has 1 aromatic carbocycles. The van der Waals surface area contributed by atoms with Crippen molar-refractivity contribution in [1.29, 1.82) is 5.26 Å². The van der Waals surface area contributed by atoms with Crippen molar-refractivity contribution in [3.63, 3.8) is 0 Å². The number of hydrogen-bond acceptors (Lipinski definition) is 8. The number of hydrogen-bond donors (Lipinski definition) is 0. The van der Waals surface area contributed by atoms with Crippen LogP contribution >= 0.6 is 15.9 Å². The Hall–Kier alpha value is -4.24. The van der Waals surface area contributed by atoms with E-state index in [0.717, 1.165) is 0 Å². The fraction of sp³-hybridized carbons (Fsp3) is 0.136. The lowest BCUT2D eigenvalue weighted by Crippen LogP contribution is -2.10. The van der Waals surface area contributed by atoms with E-state index in [1.807, 2.05) is 6.07 Å². The van der Waals surface area contributed by atoms with E-state index in [1.165, 1.54) is 43.1 Å². The topological polar surface area (TPSA) is 133 Å². The van der Waals surface area contributed by atoms with Crippen LogP contribution in [0.3, 0.4) is 0 Å². The molecule has 0 saturated heterocycles. The van der Waals surface area contributed by atoms with Gasteiger partial charge >= 0.3 is 5.82 Å². The van der Waals surface area contributed by atoms with E-state index in [4.69, 9.17) is 10.00 Å². The summed E-state index contributed by atoms with van der Waals surface area (Å²) in [5, 5.41) is 20.4. The lowest BCUT2D eigenvalue weighted by atomic mass is 9.98.